The molecule has 3 aromatic rings. The lowest BCUT2D eigenvalue weighted by Gasteiger charge is -2.32. The minimum Gasteiger partial charge on any atom is -0.484 e. The number of fused-ring (bicyclic) bond motifs is 1. The fraction of sp³-hybridized carbons (Fsp3) is 0.371. The summed E-state index contributed by atoms with van der Waals surface area (Å²) in [6.07, 6.45) is 4.51. The fourth-order valence-corrected chi connectivity index (χ4v) is 4.81. The van der Waals surface area contributed by atoms with E-state index in [9.17, 15) is 4.79 Å². The summed E-state index contributed by atoms with van der Waals surface area (Å²) in [4.78, 5) is 18.0. The van der Waals surface area contributed by atoms with Crippen LogP contribution in [-0.2, 0) is 0 Å². The van der Waals surface area contributed by atoms with E-state index in [0.29, 0.717) is 41.6 Å². The number of ether oxygens (including phenoxy) is 1. The fourth-order valence-electron chi connectivity index (χ4n) is 4.81. The van der Waals surface area contributed by atoms with Gasteiger partial charge in [0.05, 0.1) is 17.9 Å². The predicted octanol–water partition coefficient (Wildman–Crippen LogP) is 7.02. The number of hydrogen-bond donors (Lipinski definition) is 5. The standard InChI is InChI=1S/C35H45N7O2/c1-22-12-14-23(15-13-22)39-31(20-29(36)34(2,3)4)41-33(43)40-27-17-18-28(26-11-9-8-10-25(26)27)44-24-16-19-30(37)42(21-24)32(38)35(5,6)7/h8-16,19-21,27-28,37-38H,17-18,36H2,1-7H3,(H2,39,40,41,43). The average Bonchev–Trinajstić information content (AvgIpc) is 2.95. The van der Waals surface area contributed by atoms with Gasteiger partial charge in [0.15, 0.2) is 0 Å². The lowest BCUT2D eigenvalue weighted by molar-refractivity contribution is 0.171. The highest BCUT2D eigenvalue weighted by Crippen LogP contribution is 2.38. The number of aliphatic imine (C=N–C) groups is 1. The smallest absolute Gasteiger partial charge is 0.320 e. The number of carbonyl (C=O) groups is 1. The van der Waals surface area contributed by atoms with Gasteiger partial charge in [0, 0.05) is 22.6 Å². The van der Waals surface area contributed by atoms with Crippen LogP contribution < -0.4 is 26.6 Å². The van der Waals surface area contributed by atoms with Crippen molar-refractivity contribution in [2.45, 2.75) is 73.5 Å². The Hall–Kier alpha value is -4.66. The first-order chi connectivity index (χ1) is 20.6. The minimum absolute atomic E-state index is 0.223. The monoisotopic (exact) mass is 595 g/mol. The molecule has 6 N–H and O–H groups in total. The van der Waals surface area contributed by atoms with E-state index in [1.807, 2.05) is 97.0 Å². The Bertz CT molecular complexity index is 1640. The zero-order valence-electron chi connectivity index (χ0n) is 26.8. The lowest BCUT2D eigenvalue weighted by Crippen LogP contribution is -2.42. The molecule has 2 aromatic carbocycles. The van der Waals surface area contributed by atoms with Crippen molar-refractivity contribution in [2.24, 2.45) is 21.6 Å². The van der Waals surface area contributed by atoms with Crippen molar-refractivity contribution in [1.82, 2.24) is 15.2 Å². The van der Waals surface area contributed by atoms with E-state index in [4.69, 9.17) is 21.3 Å². The minimum atomic E-state index is -0.422. The molecule has 0 saturated heterocycles. The Kier molecular flexibility index (Phi) is 9.47. The molecule has 1 aliphatic rings. The van der Waals surface area contributed by atoms with E-state index in [0.717, 1.165) is 16.7 Å². The van der Waals surface area contributed by atoms with Gasteiger partial charge in [-0.25, -0.2) is 9.79 Å². The Morgan fingerprint density at radius 3 is 2.27 bits per heavy atom. The van der Waals surface area contributed by atoms with Crippen LogP contribution in [0.2, 0.25) is 0 Å². The van der Waals surface area contributed by atoms with E-state index in [1.165, 1.54) is 0 Å². The molecular formula is C35H45N7O2. The average molecular weight is 596 g/mol. The highest BCUT2D eigenvalue weighted by Gasteiger charge is 2.30. The largest absolute Gasteiger partial charge is 0.484 e. The molecule has 0 bridgehead atoms. The van der Waals surface area contributed by atoms with Crippen LogP contribution in [0.5, 0.6) is 5.75 Å². The molecule has 9 nitrogen and oxygen atoms in total. The van der Waals surface area contributed by atoms with Gasteiger partial charge in [-0.15, -0.1) is 0 Å². The van der Waals surface area contributed by atoms with Crippen molar-refractivity contribution in [3.05, 3.63) is 101 Å². The number of benzene rings is 2. The molecular weight excluding hydrogens is 550 g/mol. The predicted molar refractivity (Wildman–Crippen MR) is 176 cm³/mol. The number of nitrogens with two attached hydrogens (primary N) is 1. The van der Waals surface area contributed by atoms with Crippen molar-refractivity contribution >= 4 is 23.4 Å². The quantitative estimate of drug-likeness (QED) is 0.160. The van der Waals surface area contributed by atoms with Gasteiger partial charge in [-0.2, -0.15) is 0 Å². The molecule has 0 radical (unpaired) electrons. The Balaban J connectivity index is 1.54. The van der Waals surface area contributed by atoms with Crippen LogP contribution in [0.1, 0.15) is 83.2 Å². The third-order valence-corrected chi connectivity index (χ3v) is 7.58. The van der Waals surface area contributed by atoms with Crippen LogP contribution in [-0.4, -0.2) is 22.3 Å². The number of nitrogens with zero attached hydrogens (tertiary/aromatic N) is 2. The van der Waals surface area contributed by atoms with Gasteiger partial charge in [0.2, 0.25) is 0 Å². The van der Waals surface area contributed by atoms with Gasteiger partial charge < -0.3 is 15.8 Å². The summed E-state index contributed by atoms with van der Waals surface area (Å²) in [5, 5.41) is 22.9. The third-order valence-electron chi connectivity index (χ3n) is 7.58. The number of pyridine rings is 1. The number of rotatable bonds is 5. The molecule has 0 aliphatic heterocycles. The third kappa shape index (κ3) is 8.03. The normalized spacial score (nSPS) is 17.4. The number of urea groups is 1. The number of aromatic nitrogens is 1. The summed E-state index contributed by atoms with van der Waals surface area (Å²) in [7, 11) is 0. The summed E-state index contributed by atoms with van der Waals surface area (Å²) >= 11 is 0. The van der Waals surface area contributed by atoms with E-state index in [2.05, 4.69) is 15.6 Å². The van der Waals surface area contributed by atoms with Crippen LogP contribution in [0.4, 0.5) is 10.5 Å². The zero-order chi connectivity index (χ0) is 32.2. The molecule has 1 heterocycles. The molecule has 2 atom stereocenters. The number of carbonyl (C=O) groups excluding carboxylic acids is 1. The van der Waals surface area contributed by atoms with E-state index in [-0.39, 0.29) is 29.1 Å². The topological polar surface area (TPSA) is 141 Å². The van der Waals surface area contributed by atoms with Crippen molar-refractivity contribution in [1.29, 1.82) is 10.8 Å². The summed E-state index contributed by atoms with van der Waals surface area (Å²) < 4.78 is 7.99. The number of hydrogen-bond acceptors (Lipinski definition) is 6. The number of allylic oxidation sites excluding steroid dienone is 1. The van der Waals surface area contributed by atoms with Crippen molar-refractivity contribution in [2.75, 3.05) is 0 Å². The first-order valence-corrected chi connectivity index (χ1v) is 14.9. The van der Waals surface area contributed by atoms with Crippen LogP contribution in [0, 0.1) is 28.6 Å². The summed E-state index contributed by atoms with van der Waals surface area (Å²) in [6, 6.07) is 18.5. The molecule has 0 fully saturated rings. The van der Waals surface area contributed by atoms with Gasteiger partial charge in [-0.1, -0.05) is 83.5 Å². The summed E-state index contributed by atoms with van der Waals surface area (Å²) in [5.74, 6) is 1.26. The van der Waals surface area contributed by atoms with Gasteiger partial charge >= 0.3 is 6.03 Å². The molecule has 0 saturated carbocycles. The maximum Gasteiger partial charge on any atom is 0.320 e. The molecule has 4 rings (SSSR count). The molecule has 1 aromatic heterocycles. The van der Waals surface area contributed by atoms with Crippen LogP contribution >= 0.6 is 0 Å². The van der Waals surface area contributed by atoms with Crippen molar-refractivity contribution in [3.63, 3.8) is 0 Å². The van der Waals surface area contributed by atoms with Gasteiger partial charge in [0.1, 0.15) is 29.0 Å². The van der Waals surface area contributed by atoms with Crippen LogP contribution in [0.15, 0.2) is 83.6 Å². The van der Waals surface area contributed by atoms with E-state index >= 15 is 0 Å². The molecule has 44 heavy (non-hydrogen) atoms. The summed E-state index contributed by atoms with van der Waals surface area (Å²) in [6.45, 7) is 13.9. The van der Waals surface area contributed by atoms with Gasteiger partial charge in [0.25, 0.3) is 0 Å². The second-order valence-corrected chi connectivity index (χ2v) is 13.4. The SMILES string of the molecule is Cc1ccc(N=C(C=C(N)C(C)(C)C)NC(=O)NC2CCC(Oc3ccc(=N)n(C(=N)C(C)(C)C)c3)c3ccccc32)cc1. The van der Waals surface area contributed by atoms with Crippen LogP contribution in [0.25, 0.3) is 0 Å². The number of aryl methyl sites for hydroxylation is 1. The Morgan fingerprint density at radius 2 is 1.64 bits per heavy atom. The highest BCUT2D eigenvalue weighted by molar-refractivity contribution is 6.05. The van der Waals surface area contributed by atoms with Crippen molar-refractivity contribution in [3.8, 4) is 5.75 Å². The first kappa shape index (κ1) is 32.3. The number of nitrogens with one attached hydrogen (secondary N) is 4. The first-order valence-electron chi connectivity index (χ1n) is 14.9. The van der Waals surface area contributed by atoms with Gasteiger partial charge in [-0.05, 0) is 55.2 Å². The number of amidine groups is 1. The van der Waals surface area contributed by atoms with Crippen molar-refractivity contribution < 1.29 is 9.53 Å². The number of amides is 2. The Morgan fingerprint density at radius 1 is 0.977 bits per heavy atom. The molecule has 0 spiro atoms. The lowest BCUT2D eigenvalue weighted by atomic mass is 9.85. The highest BCUT2D eigenvalue weighted by atomic mass is 16.5. The maximum atomic E-state index is 13.3. The molecule has 2 unspecified atom stereocenters. The molecule has 232 valence electrons. The summed E-state index contributed by atoms with van der Waals surface area (Å²) in [5.41, 5.74) is 10.3. The van der Waals surface area contributed by atoms with Gasteiger partial charge in [-0.3, -0.25) is 20.7 Å². The second kappa shape index (κ2) is 12.9. The molecule has 9 heteroatoms. The molecule has 2 amide bonds. The molecule has 1 aliphatic carbocycles. The van der Waals surface area contributed by atoms with Crippen LogP contribution in [0.3, 0.4) is 0 Å². The zero-order valence-corrected chi connectivity index (χ0v) is 26.8. The maximum absolute atomic E-state index is 13.3. The van der Waals surface area contributed by atoms with E-state index in [1.54, 1.807) is 29.0 Å². The second-order valence-electron chi connectivity index (χ2n) is 13.4. The Labute approximate surface area is 260 Å². The van der Waals surface area contributed by atoms with E-state index < -0.39 is 5.41 Å².